The second-order valence-electron chi connectivity index (χ2n) is 6.13. The van der Waals surface area contributed by atoms with Crippen LogP contribution < -0.4 is 0 Å². The van der Waals surface area contributed by atoms with Crippen molar-refractivity contribution in [3.8, 4) is 0 Å². The molecule has 0 fully saturated rings. The van der Waals surface area contributed by atoms with Crippen LogP contribution in [-0.4, -0.2) is 6.17 Å². The number of aryl methyl sites for hydroxylation is 1. The molecule has 0 aliphatic carbocycles. The predicted molar refractivity (Wildman–Crippen MR) is 110 cm³/mol. The topological polar surface area (TPSA) is 0 Å². The van der Waals surface area contributed by atoms with Crippen LogP contribution in [0.4, 0.5) is 13.2 Å². The molecule has 1 unspecified atom stereocenters. The molecule has 1 aromatic carbocycles. The van der Waals surface area contributed by atoms with Gasteiger partial charge in [0.1, 0.15) is 6.17 Å². The van der Waals surface area contributed by atoms with E-state index in [-0.39, 0.29) is 0 Å². The zero-order valence-electron chi connectivity index (χ0n) is 16.0. The second-order valence-corrected chi connectivity index (χ2v) is 6.13. The largest absolute Gasteiger partial charge is 0.242 e. The lowest BCUT2D eigenvalue weighted by atomic mass is 9.99. The lowest BCUT2D eigenvalue weighted by Gasteiger charge is -2.10. The zero-order chi connectivity index (χ0) is 20.2. The summed E-state index contributed by atoms with van der Waals surface area (Å²) in [6, 6.07) is 7.69. The van der Waals surface area contributed by atoms with E-state index >= 15 is 0 Å². The Morgan fingerprint density at radius 3 is 2.22 bits per heavy atom. The van der Waals surface area contributed by atoms with Gasteiger partial charge in [-0.25, -0.2) is 13.2 Å². The molecule has 0 nitrogen and oxygen atoms in total. The van der Waals surface area contributed by atoms with E-state index in [0.717, 1.165) is 11.1 Å². The van der Waals surface area contributed by atoms with Gasteiger partial charge < -0.3 is 0 Å². The van der Waals surface area contributed by atoms with Gasteiger partial charge in [-0.1, -0.05) is 67.8 Å². The summed E-state index contributed by atoms with van der Waals surface area (Å²) < 4.78 is 40.5. The maximum atomic E-state index is 14.4. The standard InChI is InChI=1S/C24H27F3/c1-5-8-9-22(7-3)24(27)17-21-14-12-20(13-15-21)11-10-19(6-2)16-23(26)18(4)25/h5-9,12-16,24H,1,4,10-11,17H2,2-3H3/b9-8-,19-6-,22-7+,23-16+. The molecule has 27 heavy (non-hydrogen) atoms. The van der Waals surface area contributed by atoms with Crippen molar-refractivity contribution in [2.24, 2.45) is 0 Å². The number of hydrogen-bond acceptors (Lipinski definition) is 0. The number of allylic oxidation sites excluding steroid dienone is 10. The summed E-state index contributed by atoms with van der Waals surface area (Å²) in [6.07, 6.45) is 10.2. The van der Waals surface area contributed by atoms with Crippen LogP contribution in [0.15, 0.2) is 96.7 Å². The molecule has 0 heterocycles. The van der Waals surface area contributed by atoms with Gasteiger partial charge >= 0.3 is 0 Å². The Balaban J connectivity index is 2.68. The molecule has 0 saturated carbocycles. The maximum Gasteiger partial charge on any atom is 0.158 e. The normalized spacial score (nSPS) is 14.5. The number of rotatable bonds is 10. The molecule has 0 bridgehead atoms. The smallest absolute Gasteiger partial charge is 0.158 e. The average Bonchev–Trinajstić information content (AvgIpc) is 2.66. The van der Waals surface area contributed by atoms with Crippen molar-refractivity contribution in [2.45, 2.75) is 39.3 Å². The quantitative estimate of drug-likeness (QED) is 0.374. The first-order valence-corrected chi connectivity index (χ1v) is 8.95. The second kappa shape index (κ2) is 11.9. The molecule has 0 aliphatic heterocycles. The van der Waals surface area contributed by atoms with Crippen LogP contribution in [0, 0.1) is 0 Å². The van der Waals surface area contributed by atoms with Crippen LogP contribution in [0.5, 0.6) is 0 Å². The maximum absolute atomic E-state index is 14.4. The fourth-order valence-corrected chi connectivity index (χ4v) is 2.56. The first-order valence-electron chi connectivity index (χ1n) is 8.95. The lowest BCUT2D eigenvalue weighted by Crippen LogP contribution is -2.07. The number of hydrogen-bond donors (Lipinski definition) is 0. The van der Waals surface area contributed by atoms with Crippen molar-refractivity contribution in [1.82, 2.24) is 0 Å². The minimum Gasteiger partial charge on any atom is -0.242 e. The van der Waals surface area contributed by atoms with Crippen molar-refractivity contribution in [2.75, 3.05) is 0 Å². The Labute approximate surface area is 160 Å². The van der Waals surface area contributed by atoms with Crippen LogP contribution >= 0.6 is 0 Å². The molecule has 0 aliphatic rings. The van der Waals surface area contributed by atoms with Crippen molar-refractivity contribution in [1.29, 1.82) is 0 Å². The molecule has 3 heteroatoms. The van der Waals surface area contributed by atoms with Crippen molar-refractivity contribution >= 4 is 0 Å². The first-order chi connectivity index (χ1) is 12.9. The van der Waals surface area contributed by atoms with Crippen LogP contribution in [-0.2, 0) is 12.8 Å². The minimum atomic E-state index is -1.08. The third-order valence-corrected chi connectivity index (χ3v) is 4.20. The van der Waals surface area contributed by atoms with Crippen LogP contribution in [0.25, 0.3) is 0 Å². The Bertz CT molecular complexity index is 746. The fraction of sp³-hybridized carbons (Fsp3) is 0.250. The van der Waals surface area contributed by atoms with Crippen molar-refractivity contribution in [3.63, 3.8) is 0 Å². The highest BCUT2D eigenvalue weighted by Gasteiger charge is 2.11. The SMILES string of the molecule is C=C/C=C\C(=C/C)C(F)Cc1ccc(CCC(=C/C)/C=C(/F)C(=C)F)cc1. The highest BCUT2D eigenvalue weighted by atomic mass is 19.2. The molecule has 1 aromatic rings. The first kappa shape index (κ1) is 22.5. The number of alkyl halides is 1. The molecule has 0 N–H and O–H groups in total. The Hall–Kier alpha value is -2.55. The van der Waals surface area contributed by atoms with Gasteiger partial charge in [0.2, 0.25) is 0 Å². The third-order valence-electron chi connectivity index (χ3n) is 4.20. The van der Waals surface area contributed by atoms with Crippen molar-refractivity contribution in [3.05, 3.63) is 108 Å². The fourth-order valence-electron chi connectivity index (χ4n) is 2.56. The van der Waals surface area contributed by atoms with E-state index in [2.05, 4.69) is 13.2 Å². The monoisotopic (exact) mass is 372 g/mol. The van der Waals surface area contributed by atoms with Gasteiger partial charge in [-0.05, 0) is 55.0 Å². The number of halogens is 3. The van der Waals surface area contributed by atoms with Gasteiger partial charge in [-0.2, -0.15) is 0 Å². The molecule has 0 spiro atoms. The van der Waals surface area contributed by atoms with Gasteiger partial charge in [0, 0.05) is 6.42 Å². The molecular formula is C24H27F3. The predicted octanol–water partition coefficient (Wildman–Crippen LogP) is 7.47. The molecule has 1 atom stereocenters. The average molecular weight is 372 g/mol. The van der Waals surface area contributed by atoms with Gasteiger partial charge in [-0.3, -0.25) is 0 Å². The summed E-state index contributed by atoms with van der Waals surface area (Å²) in [7, 11) is 0. The highest BCUT2D eigenvalue weighted by molar-refractivity contribution is 5.31. The summed E-state index contributed by atoms with van der Waals surface area (Å²) >= 11 is 0. The summed E-state index contributed by atoms with van der Waals surface area (Å²) in [5, 5.41) is 0. The number of benzene rings is 1. The van der Waals surface area contributed by atoms with Gasteiger partial charge in [0.05, 0.1) is 0 Å². The molecule has 144 valence electrons. The van der Waals surface area contributed by atoms with Gasteiger partial charge in [0.15, 0.2) is 11.7 Å². The third kappa shape index (κ3) is 8.12. The van der Waals surface area contributed by atoms with E-state index in [4.69, 9.17) is 0 Å². The molecular weight excluding hydrogens is 345 g/mol. The van der Waals surface area contributed by atoms with Crippen LogP contribution in [0.3, 0.4) is 0 Å². The lowest BCUT2D eigenvalue weighted by molar-refractivity contribution is 0.385. The zero-order valence-corrected chi connectivity index (χ0v) is 16.0. The van der Waals surface area contributed by atoms with Crippen LogP contribution in [0.2, 0.25) is 0 Å². The summed E-state index contributed by atoms with van der Waals surface area (Å²) in [6.45, 7) is 10.1. The molecule has 0 aromatic heterocycles. The highest BCUT2D eigenvalue weighted by Crippen LogP contribution is 2.19. The van der Waals surface area contributed by atoms with E-state index in [0.29, 0.717) is 30.4 Å². The van der Waals surface area contributed by atoms with Gasteiger partial charge in [0.25, 0.3) is 0 Å². The molecule has 1 rings (SSSR count). The summed E-state index contributed by atoms with van der Waals surface area (Å²) in [5.74, 6) is -2.01. The van der Waals surface area contributed by atoms with Crippen LogP contribution in [0.1, 0.15) is 31.4 Å². The van der Waals surface area contributed by atoms with E-state index in [1.165, 1.54) is 6.08 Å². The minimum absolute atomic E-state index is 0.300. The Morgan fingerprint density at radius 1 is 1.07 bits per heavy atom. The van der Waals surface area contributed by atoms with E-state index < -0.39 is 17.8 Å². The van der Waals surface area contributed by atoms with E-state index in [1.807, 2.05) is 31.2 Å². The summed E-state index contributed by atoms with van der Waals surface area (Å²) in [5.41, 5.74) is 3.29. The Morgan fingerprint density at radius 2 is 1.70 bits per heavy atom. The van der Waals surface area contributed by atoms with Gasteiger partial charge in [-0.15, -0.1) is 0 Å². The Kier molecular flexibility index (Phi) is 9.95. The molecule has 0 radical (unpaired) electrons. The molecule has 0 amide bonds. The molecule has 0 saturated heterocycles. The summed E-state index contributed by atoms with van der Waals surface area (Å²) in [4.78, 5) is 0. The van der Waals surface area contributed by atoms with E-state index in [1.54, 1.807) is 37.3 Å². The van der Waals surface area contributed by atoms with Crippen molar-refractivity contribution < 1.29 is 13.2 Å². The van der Waals surface area contributed by atoms with E-state index in [9.17, 15) is 13.2 Å².